The lowest BCUT2D eigenvalue weighted by Crippen LogP contribution is -2.53. The molecule has 0 atom stereocenters. The molecular formula is C15H20FN3O2. The summed E-state index contributed by atoms with van der Waals surface area (Å²) in [5.41, 5.74) is 0.874. The Balaban J connectivity index is 2.02. The lowest BCUT2D eigenvalue weighted by molar-refractivity contribution is 0.0645. The largest absolute Gasteiger partial charge is 0.335 e. The van der Waals surface area contributed by atoms with Gasteiger partial charge in [0.1, 0.15) is 5.82 Å². The Labute approximate surface area is 123 Å². The van der Waals surface area contributed by atoms with Crippen molar-refractivity contribution in [1.82, 2.24) is 14.7 Å². The second-order valence-electron chi connectivity index (χ2n) is 5.44. The minimum Gasteiger partial charge on any atom is -0.335 e. The van der Waals surface area contributed by atoms with E-state index in [0.29, 0.717) is 26.2 Å². The minimum absolute atomic E-state index is 0.0661. The van der Waals surface area contributed by atoms with Gasteiger partial charge in [0.2, 0.25) is 0 Å². The van der Waals surface area contributed by atoms with E-state index in [1.54, 1.807) is 36.9 Å². The molecule has 0 bridgehead atoms. The molecule has 5 nitrogen and oxygen atoms in total. The highest BCUT2D eigenvalue weighted by atomic mass is 19.1. The molecule has 2 rings (SSSR count). The zero-order valence-corrected chi connectivity index (χ0v) is 12.6. The van der Waals surface area contributed by atoms with Gasteiger partial charge in [0, 0.05) is 40.3 Å². The molecule has 0 spiro atoms. The van der Waals surface area contributed by atoms with Crippen LogP contribution in [0, 0.1) is 12.7 Å². The summed E-state index contributed by atoms with van der Waals surface area (Å²) in [6.45, 7) is 3.56. The van der Waals surface area contributed by atoms with Crippen molar-refractivity contribution in [3.05, 3.63) is 35.1 Å². The predicted molar refractivity (Wildman–Crippen MR) is 77.7 cm³/mol. The van der Waals surface area contributed by atoms with E-state index in [9.17, 15) is 14.0 Å². The molecule has 0 unspecified atom stereocenters. The lowest BCUT2D eigenvalue weighted by Gasteiger charge is -2.36. The van der Waals surface area contributed by atoms with Crippen molar-refractivity contribution in [2.75, 3.05) is 40.3 Å². The standard InChI is InChI=1S/C15H20FN3O2/c1-11-4-5-12(13(16)10-11)14(20)18-6-8-19(9-7-18)15(21)17(2)3/h4-5,10H,6-9H2,1-3H3. The van der Waals surface area contributed by atoms with E-state index in [4.69, 9.17) is 0 Å². The van der Waals surface area contributed by atoms with E-state index in [0.717, 1.165) is 5.56 Å². The van der Waals surface area contributed by atoms with Gasteiger partial charge in [-0.15, -0.1) is 0 Å². The number of hydrogen-bond acceptors (Lipinski definition) is 2. The molecule has 0 saturated carbocycles. The number of benzene rings is 1. The van der Waals surface area contributed by atoms with Crippen molar-refractivity contribution >= 4 is 11.9 Å². The molecule has 0 aliphatic carbocycles. The van der Waals surface area contributed by atoms with Gasteiger partial charge >= 0.3 is 6.03 Å². The maximum absolute atomic E-state index is 13.8. The second-order valence-corrected chi connectivity index (χ2v) is 5.44. The summed E-state index contributed by atoms with van der Waals surface area (Å²) in [4.78, 5) is 28.9. The van der Waals surface area contributed by atoms with E-state index < -0.39 is 5.82 Å². The molecule has 0 aromatic heterocycles. The molecule has 1 aliphatic rings. The molecule has 6 heteroatoms. The first-order valence-electron chi connectivity index (χ1n) is 6.92. The lowest BCUT2D eigenvalue weighted by atomic mass is 10.1. The number of halogens is 1. The van der Waals surface area contributed by atoms with Crippen LogP contribution in [-0.2, 0) is 0 Å². The van der Waals surface area contributed by atoms with Gasteiger partial charge in [-0.3, -0.25) is 4.79 Å². The van der Waals surface area contributed by atoms with Gasteiger partial charge in [0.05, 0.1) is 5.56 Å². The smallest absolute Gasteiger partial charge is 0.319 e. The fourth-order valence-corrected chi connectivity index (χ4v) is 2.35. The summed E-state index contributed by atoms with van der Waals surface area (Å²) in [6, 6.07) is 4.54. The molecule has 114 valence electrons. The van der Waals surface area contributed by atoms with Crippen LogP contribution in [0.4, 0.5) is 9.18 Å². The van der Waals surface area contributed by atoms with Crippen molar-refractivity contribution in [3.8, 4) is 0 Å². The molecule has 1 heterocycles. The first-order chi connectivity index (χ1) is 9.90. The topological polar surface area (TPSA) is 43.9 Å². The number of piperazine rings is 1. The third-order valence-corrected chi connectivity index (χ3v) is 3.57. The highest BCUT2D eigenvalue weighted by Crippen LogP contribution is 2.14. The van der Waals surface area contributed by atoms with Crippen molar-refractivity contribution < 1.29 is 14.0 Å². The third-order valence-electron chi connectivity index (χ3n) is 3.57. The van der Waals surface area contributed by atoms with Crippen LogP contribution < -0.4 is 0 Å². The van der Waals surface area contributed by atoms with Crippen molar-refractivity contribution in [1.29, 1.82) is 0 Å². The van der Waals surface area contributed by atoms with Crippen LogP contribution in [0.15, 0.2) is 18.2 Å². The van der Waals surface area contributed by atoms with Crippen LogP contribution in [-0.4, -0.2) is 66.9 Å². The molecule has 1 fully saturated rings. The zero-order valence-electron chi connectivity index (χ0n) is 12.6. The highest BCUT2D eigenvalue weighted by molar-refractivity contribution is 5.94. The van der Waals surface area contributed by atoms with Crippen LogP contribution >= 0.6 is 0 Å². The summed E-state index contributed by atoms with van der Waals surface area (Å²) in [5.74, 6) is -0.809. The number of urea groups is 1. The number of carbonyl (C=O) groups excluding carboxylic acids is 2. The Morgan fingerprint density at radius 3 is 2.19 bits per heavy atom. The van der Waals surface area contributed by atoms with Gasteiger partial charge in [0.25, 0.3) is 5.91 Å². The summed E-state index contributed by atoms with van der Waals surface area (Å²) in [7, 11) is 3.39. The monoisotopic (exact) mass is 293 g/mol. The number of carbonyl (C=O) groups is 2. The maximum Gasteiger partial charge on any atom is 0.319 e. The van der Waals surface area contributed by atoms with E-state index in [-0.39, 0.29) is 17.5 Å². The van der Waals surface area contributed by atoms with Crippen molar-refractivity contribution in [2.24, 2.45) is 0 Å². The van der Waals surface area contributed by atoms with Crippen LogP contribution in [0.2, 0.25) is 0 Å². The summed E-state index contributed by atoms with van der Waals surface area (Å²) >= 11 is 0. The van der Waals surface area contributed by atoms with Crippen LogP contribution in [0.1, 0.15) is 15.9 Å². The number of amides is 3. The molecule has 1 saturated heterocycles. The average molecular weight is 293 g/mol. The molecule has 0 N–H and O–H groups in total. The van der Waals surface area contributed by atoms with E-state index >= 15 is 0 Å². The fourth-order valence-electron chi connectivity index (χ4n) is 2.35. The quantitative estimate of drug-likeness (QED) is 0.789. The van der Waals surface area contributed by atoms with Crippen molar-refractivity contribution in [3.63, 3.8) is 0 Å². The Morgan fingerprint density at radius 1 is 1.10 bits per heavy atom. The first kappa shape index (κ1) is 15.3. The van der Waals surface area contributed by atoms with Crippen LogP contribution in [0.5, 0.6) is 0 Å². The SMILES string of the molecule is Cc1ccc(C(=O)N2CCN(C(=O)N(C)C)CC2)c(F)c1. The molecule has 1 aliphatic heterocycles. The molecule has 0 radical (unpaired) electrons. The average Bonchev–Trinajstić information content (AvgIpc) is 2.46. The van der Waals surface area contributed by atoms with E-state index in [2.05, 4.69) is 0 Å². The molecule has 1 aromatic carbocycles. The van der Waals surface area contributed by atoms with Gasteiger partial charge < -0.3 is 14.7 Å². The summed E-state index contributed by atoms with van der Waals surface area (Å²) in [5, 5.41) is 0. The maximum atomic E-state index is 13.8. The number of nitrogens with zero attached hydrogens (tertiary/aromatic N) is 3. The predicted octanol–water partition coefficient (Wildman–Crippen LogP) is 1.57. The van der Waals surface area contributed by atoms with Crippen LogP contribution in [0.25, 0.3) is 0 Å². The first-order valence-corrected chi connectivity index (χ1v) is 6.92. The van der Waals surface area contributed by atoms with Crippen LogP contribution in [0.3, 0.4) is 0 Å². The normalized spacial score (nSPS) is 15.0. The van der Waals surface area contributed by atoms with Gasteiger partial charge in [-0.25, -0.2) is 9.18 Å². The van der Waals surface area contributed by atoms with E-state index in [1.807, 2.05) is 0 Å². The number of rotatable bonds is 1. The molecule has 3 amide bonds. The Hall–Kier alpha value is -2.11. The number of hydrogen-bond donors (Lipinski definition) is 0. The third kappa shape index (κ3) is 3.32. The Kier molecular flexibility index (Phi) is 4.45. The zero-order chi connectivity index (χ0) is 15.6. The summed E-state index contributed by atoms with van der Waals surface area (Å²) in [6.07, 6.45) is 0. The van der Waals surface area contributed by atoms with Gasteiger partial charge in [-0.2, -0.15) is 0 Å². The van der Waals surface area contributed by atoms with Crippen molar-refractivity contribution in [2.45, 2.75) is 6.92 Å². The van der Waals surface area contributed by atoms with Gasteiger partial charge in [-0.05, 0) is 24.6 Å². The molecular weight excluding hydrogens is 273 g/mol. The fraction of sp³-hybridized carbons (Fsp3) is 0.467. The Morgan fingerprint density at radius 2 is 1.67 bits per heavy atom. The Bertz CT molecular complexity index is 552. The number of aryl methyl sites for hydroxylation is 1. The highest BCUT2D eigenvalue weighted by Gasteiger charge is 2.26. The minimum atomic E-state index is -0.494. The second kappa shape index (κ2) is 6.11. The molecule has 21 heavy (non-hydrogen) atoms. The van der Waals surface area contributed by atoms with Gasteiger partial charge in [-0.1, -0.05) is 6.07 Å². The summed E-state index contributed by atoms with van der Waals surface area (Å²) < 4.78 is 13.8. The van der Waals surface area contributed by atoms with Gasteiger partial charge in [0.15, 0.2) is 0 Å². The molecule has 1 aromatic rings. The van der Waals surface area contributed by atoms with E-state index in [1.165, 1.54) is 17.0 Å².